The summed E-state index contributed by atoms with van der Waals surface area (Å²) in [6, 6.07) is 0.920. The number of phosphoric acid groups is 3. The van der Waals surface area contributed by atoms with Gasteiger partial charge in [0.05, 0.1) is 6.61 Å². The van der Waals surface area contributed by atoms with E-state index in [0.717, 1.165) is 12.3 Å². The summed E-state index contributed by atoms with van der Waals surface area (Å²) in [7, 11) is -16.8. The van der Waals surface area contributed by atoms with Gasteiger partial charge in [0.2, 0.25) is 0 Å². The first-order valence-corrected chi connectivity index (χ1v) is 11.7. The van der Waals surface area contributed by atoms with Crippen molar-refractivity contribution in [3.8, 4) is 0 Å². The van der Waals surface area contributed by atoms with Crippen molar-refractivity contribution in [2.45, 2.75) is 24.5 Å². The molecule has 1 aromatic heterocycles. The molecule has 1 aliphatic rings. The van der Waals surface area contributed by atoms with Gasteiger partial charge in [0, 0.05) is 12.3 Å². The topological polar surface area (TPSA) is 296 Å². The van der Waals surface area contributed by atoms with Crippen molar-refractivity contribution in [2.24, 2.45) is 0 Å². The lowest BCUT2D eigenvalue weighted by Crippen LogP contribution is -2.37. The molecular weight excluding hydrogens is 485 g/mol. The van der Waals surface area contributed by atoms with Crippen molar-refractivity contribution in [3.63, 3.8) is 0 Å². The lowest BCUT2D eigenvalue weighted by atomic mass is 10.1. The molecule has 9 N–H and O–H groups in total. The van der Waals surface area contributed by atoms with E-state index in [1.807, 2.05) is 4.98 Å². The number of hydrogen-bond acceptors (Lipinski definition) is 11. The monoisotopic (exact) mass is 502 g/mol. The summed E-state index contributed by atoms with van der Waals surface area (Å²) in [5.41, 5.74) is -1.74. The zero-order valence-electron chi connectivity index (χ0n) is 14.3. The highest BCUT2D eigenvalue weighted by Gasteiger charge is 2.46. The molecule has 1 saturated heterocycles. The first-order chi connectivity index (χ1) is 13.1. The number of nitrogens with zero attached hydrogens (tertiary/aromatic N) is 1. The lowest BCUT2D eigenvalue weighted by Gasteiger charge is -2.19. The molecule has 3 unspecified atom stereocenters. The quantitative estimate of drug-likeness (QED) is 0.171. The standard InChI is InChI=1S/C9H15N2O15P3.H2O/c12-5-1-2-11(9(15)10-5)8-7(14)6(13)4(24-8)3-23-28(19,20)26-29(21,22)25-27(16,17)18;/h1-2,4,6-8,13-14H,3H2,(H,19,20)(H,21,22)(H,10,12,15)(H2,16,17,18);1H2/t4?,6-,7-,8-;/m1./s1. The van der Waals surface area contributed by atoms with Gasteiger partial charge in [0.1, 0.15) is 18.3 Å². The fraction of sp³-hybridized carbons (Fsp3) is 0.556. The largest absolute Gasteiger partial charge is 0.490 e. The zero-order valence-corrected chi connectivity index (χ0v) is 17.0. The third-order valence-electron chi connectivity index (χ3n) is 3.28. The molecule has 18 nitrogen and oxygen atoms in total. The predicted molar refractivity (Wildman–Crippen MR) is 90.7 cm³/mol. The van der Waals surface area contributed by atoms with E-state index in [1.54, 1.807) is 0 Å². The Morgan fingerprint density at radius 1 is 1.03 bits per heavy atom. The SMILES string of the molecule is O.O=c1ccn([C@@H]2OC(COP(=O)(O)OP(=O)(O)OP(=O)(O)O)[C@@H](O)[C@H]2O)c(=O)[nH]1. The first kappa shape index (κ1) is 27.0. The molecule has 30 heavy (non-hydrogen) atoms. The summed E-state index contributed by atoms with van der Waals surface area (Å²) in [6.45, 7) is -1.05. The summed E-state index contributed by atoms with van der Waals surface area (Å²) in [5.74, 6) is 0. The van der Waals surface area contributed by atoms with Gasteiger partial charge in [-0.25, -0.2) is 18.5 Å². The van der Waals surface area contributed by atoms with Crippen LogP contribution in [0.4, 0.5) is 0 Å². The van der Waals surface area contributed by atoms with Crippen LogP contribution < -0.4 is 11.2 Å². The molecule has 0 spiro atoms. The maximum absolute atomic E-state index is 11.7. The highest BCUT2D eigenvalue weighted by Crippen LogP contribution is 2.66. The maximum atomic E-state index is 11.7. The van der Waals surface area contributed by atoms with E-state index in [2.05, 4.69) is 13.1 Å². The summed E-state index contributed by atoms with van der Waals surface area (Å²) in [5, 5.41) is 19.9. The Morgan fingerprint density at radius 3 is 2.17 bits per heavy atom. The fourth-order valence-electron chi connectivity index (χ4n) is 2.20. The second kappa shape index (κ2) is 9.60. The van der Waals surface area contributed by atoms with E-state index >= 15 is 0 Å². The van der Waals surface area contributed by atoms with E-state index < -0.39 is 65.9 Å². The van der Waals surface area contributed by atoms with E-state index in [0.29, 0.717) is 4.57 Å². The van der Waals surface area contributed by atoms with Crippen LogP contribution in [0.2, 0.25) is 0 Å². The molecule has 21 heteroatoms. The molecule has 1 aliphatic heterocycles. The van der Waals surface area contributed by atoms with Gasteiger partial charge in [0.15, 0.2) is 6.23 Å². The molecule has 174 valence electrons. The molecule has 0 radical (unpaired) electrons. The van der Waals surface area contributed by atoms with Gasteiger partial charge in [-0.1, -0.05) is 0 Å². The van der Waals surface area contributed by atoms with Crippen molar-refractivity contribution in [1.82, 2.24) is 9.55 Å². The number of rotatable bonds is 8. The second-order valence-corrected chi connectivity index (χ2v) is 9.87. The fourth-order valence-corrected chi connectivity index (χ4v) is 5.23. The molecule has 0 saturated carbocycles. The first-order valence-electron chi connectivity index (χ1n) is 7.22. The summed E-state index contributed by atoms with van der Waals surface area (Å²) < 4.78 is 50.6. The number of hydrogen-bond donors (Lipinski definition) is 7. The van der Waals surface area contributed by atoms with E-state index in [1.165, 1.54) is 0 Å². The van der Waals surface area contributed by atoms with Crippen molar-refractivity contribution < 1.29 is 66.8 Å². The molecule has 2 heterocycles. The Labute approximate surface area is 165 Å². The average Bonchev–Trinajstić information content (AvgIpc) is 2.78. The van der Waals surface area contributed by atoms with Crippen molar-refractivity contribution in [1.29, 1.82) is 0 Å². The minimum atomic E-state index is -5.73. The van der Waals surface area contributed by atoms with Crippen LogP contribution >= 0.6 is 23.5 Å². The second-order valence-electron chi connectivity index (χ2n) is 5.45. The van der Waals surface area contributed by atoms with Gasteiger partial charge in [-0.2, -0.15) is 8.62 Å². The van der Waals surface area contributed by atoms with Gasteiger partial charge in [-0.15, -0.1) is 0 Å². The lowest BCUT2D eigenvalue weighted by molar-refractivity contribution is -0.0542. The molecule has 2 rings (SSSR count). The van der Waals surface area contributed by atoms with Crippen molar-refractivity contribution in [2.75, 3.05) is 6.61 Å². The molecule has 1 fully saturated rings. The van der Waals surface area contributed by atoms with Gasteiger partial charge in [-0.3, -0.25) is 18.9 Å². The molecule has 6 atom stereocenters. The van der Waals surface area contributed by atoms with E-state index in [-0.39, 0.29) is 5.48 Å². The van der Waals surface area contributed by atoms with Gasteiger partial charge in [0.25, 0.3) is 5.56 Å². The number of aromatic amines is 1. The van der Waals surface area contributed by atoms with Crippen LogP contribution in [0.25, 0.3) is 0 Å². The maximum Gasteiger partial charge on any atom is 0.490 e. The minimum absolute atomic E-state index is 0. The van der Waals surface area contributed by atoms with Crippen LogP contribution in [0.3, 0.4) is 0 Å². The van der Waals surface area contributed by atoms with Crippen LogP contribution in [0.15, 0.2) is 21.9 Å². The number of aliphatic hydroxyl groups excluding tert-OH is 2. The van der Waals surface area contributed by atoms with Crippen LogP contribution in [0.5, 0.6) is 0 Å². The Hall–Kier alpha value is -1.07. The summed E-state index contributed by atoms with van der Waals surface area (Å²) in [4.78, 5) is 59.9. The highest BCUT2D eigenvalue weighted by molar-refractivity contribution is 7.66. The highest BCUT2D eigenvalue weighted by atomic mass is 31.3. The third-order valence-corrected chi connectivity index (χ3v) is 7.08. The van der Waals surface area contributed by atoms with Crippen molar-refractivity contribution >= 4 is 23.5 Å². The van der Waals surface area contributed by atoms with Gasteiger partial charge in [-0.05, 0) is 0 Å². The van der Waals surface area contributed by atoms with Crippen LogP contribution in [-0.4, -0.2) is 69.7 Å². The summed E-state index contributed by atoms with van der Waals surface area (Å²) in [6.07, 6.45) is -5.70. The number of aliphatic hydroxyl groups is 2. The Kier molecular flexibility index (Phi) is 8.63. The molecule has 0 aromatic carbocycles. The number of aromatic nitrogens is 2. The zero-order chi connectivity index (χ0) is 22.2. The minimum Gasteiger partial charge on any atom is -0.412 e. The molecule has 1 aromatic rings. The number of nitrogens with one attached hydrogen (secondary N) is 1. The Balaban J connectivity index is 0.00000450. The van der Waals surface area contributed by atoms with Crippen LogP contribution in [0, 0.1) is 0 Å². The number of phosphoric ester groups is 1. The van der Waals surface area contributed by atoms with E-state index in [9.17, 15) is 38.4 Å². The molecule has 0 bridgehead atoms. The average molecular weight is 502 g/mol. The normalized spacial score (nSPS) is 28.3. The Bertz CT molecular complexity index is 998. The number of ether oxygens (including phenoxy) is 1. The van der Waals surface area contributed by atoms with Gasteiger partial charge >= 0.3 is 29.2 Å². The van der Waals surface area contributed by atoms with Crippen LogP contribution in [0.1, 0.15) is 6.23 Å². The molecule has 0 aliphatic carbocycles. The smallest absolute Gasteiger partial charge is 0.412 e. The van der Waals surface area contributed by atoms with E-state index in [4.69, 9.17) is 19.4 Å². The number of H-pyrrole nitrogens is 1. The molecular formula is C9H17N2O16P3. The molecule has 0 amide bonds. The third kappa shape index (κ3) is 7.26. The summed E-state index contributed by atoms with van der Waals surface area (Å²) >= 11 is 0. The van der Waals surface area contributed by atoms with Crippen LogP contribution in [-0.2, 0) is 31.6 Å². The Morgan fingerprint density at radius 2 is 1.63 bits per heavy atom. The van der Waals surface area contributed by atoms with Crippen molar-refractivity contribution in [3.05, 3.63) is 33.1 Å². The van der Waals surface area contributed by atoms with Gasteiger partial charge < -0.3 is 40.0 Å². The predicted octanol–water partition coefficient (Wildman–Crippen LogP) is -3.33.